The number of nitrogens with two attached hydrogens (primary N) is 2. The number of hydrogen-bond donors (Lipinski definition) is 6. The molecule has 2 aromatic rings. The molecule has 14 heteroatoms. The number of unbranched alkanes of at least 4 members (excludes halogenated alkanes) is 1. The van der Waals surface area contributed by atoms with E-state index in [4.69, 9.17) is 21.1 Å². The summed E-state index contributed by atoms with van der Waals surface area (Å²) in [5.41, 5.74) is 12.1. The standard InChI is InChI=1S/C14H24N8O5S/c15-4-2-1-3-11(14(23)24)22-28(25,26)19-7-12-20-13(21-27-12)10(16)5-9-6-17-8-18-9/h6,8,10-11,19,22H,1-5,7,15-16H2,(H,17,18)(H,23,24)/t10-,11-/m0/s1. The first-order valence-corrected chi connectivity index (χ1v) is 10.0. The fraction of sp³-hybridized carbons (Fsp3) is 0.571. The molecule has 156 valence electrons. The quantitative estimate of drug-likeness (QED) is 0.209. The Morgan fingerprint density at radius 1 is 1.39 bits per heavy atom. The van der Waals surface area contributed by atoms with E-state index < -0.39 is 28.3 Å². The maximum absolute atomic E-state index is 12.1. The molecule has 0 saturated heterocycles. The summed E-state index contributed by atoms with van der Waals surface area (Å²) in [5, 5.41) is 12.9. The van der Waals surface area contributed by atoms with Crippen molar-refractivity contribution in [3.05, 3.63) is 29.9 Å². The van der Waals surface area contributed by atoms with Gasteiger partial charge in [-0.2, -0.15) is 22.8 Å². The van der Waals surface area contributed by atoms with E-state index in [0.29, 0.717) is 25.8 Å². The van der Waals surface area contributed by atoms with Crippen molar-refractivity contribution in [3.8, 4) is 0 Å². The molecule has 0 saturated carbocycles. The van der Waals surface area contributed by atoms with Crippen LogP contribution in [-0.4, -0.2) is 52.2 Å². The van der Waals surface area contributed by atoms with Crippen molar-refractivity contribution in [2.75, 3.05) is 6.54 Å². The van der Waals surface area contributed by atoms with E-state index in [-0.39, 0.29) is 24.7 Å². The van der Waals surface area contributed by atoms with Crippen LogP contribution in [0.25, 0.3) is 0 Å². The van der Waals surface area contributed by atoms with Crippen molar-refractivity contribution in [1.29, 1.82) is 0 Å². The number of hydrogen-bond acceptors (Lipinski definition) is 9. The first kappa shape index (κ1) is 21.9. The predicted molar refractivity (Wildman–Crippen MR) is 96.7 cm³/mol. The van der Waals surface area contributed by atoms with E-state index in [1.54, 1.807) is 6.20 Å². The molecule has 0 bridgehead atoms. The summed E-state index contributed by atoms with van der Waals surface area (Å²) in [6.07, 6.45) is 4.74. The molecule has 2 rings (SSSR count). The van der Waals surface area contributed by atoms with Crippen LogP contribution < -0.4 is 20.9 Å². The van der Waals surface area contributed by atoms with Gasteiger partial charge in [-0.3, -0.25) is 4.79 Å². The SMILES string of the molecule is NCCCC[C@H](NS(=O)(=O)NCc1nc([C@@H](N)Cc2cnc[nH]2)no1)C(=O)O. The molecule has 8 N–H and O–H groups in total. The first-order valence-electron chi connectivity index (χ1n) is 8.56. The number of nitrogens with zero attached hydrogens (tertiary/aromatic N) is 3. The van der Waals surface area contributed by atoms with Gasteiger partial charge in [0.2, 0.25) is 5.89 Å². The van der Waals surface area contributed by atoms with Crippen LogP contribution >= 0.6 is 0 Å². The van der Waals surface area contributed by atoms with Crippen LogP contribution in [0.1, 0.15) is 42.7 Å². The number of imidazole rings is 1. The number of rotatable bonds is 13. The summed E-state index contributed by atoms with van der Waals surface area (Å²) in [6, 6.07) is -1.82. The fourth-order valence-corrected chi connectivity index (χ4v) is 3.32. The second kappa shape index (κ2) is 10.2. The summed E-state index contributed by atoms with van der Waals surface area (Å²) in [5.74, 6) is -1.07. The highest BCUT2D eigenvalue weighted by atomic mass is 32.2. The molecule has 0 aromatic carbocycles. The second-order valence-electron chi connectivity index (χ2n) is 6.05. The van der Waals surface area contributed by atoms with Gasteiger partial charge in [0, 0.05) is 18.3 Å². The molecule has 13 nitrogen and oxygen atoms in total. The van der Waals surface area contributed by atoms with Gasteiger partial charge in [-0.15, -0.1) is 0 Å². The van der Waals surface area contributed by atoms with E-state index in [1.165, 1.54) is 6.33 Å². The molecule has 0 aliphatic rings. The van der Waals surface area contributed by atoms with Gasteiger partial charge < -0.3 is 26.1 Å². The van der Waals surface area contributed by atoms with E-state index in [2.05, 4.69) is 29.6 Å². The highest BCUT2D eigenvalue weighted by Gasteiger charge is 2.24. The van der Waals surface area contributed by atoms with Crippen molar-refractivity contribution in [1.82, 2.24) is 29.6 Å². The molecule has 28 heavy (non-hydrogen) atoms. The Morgan fingerprint density at radius 2 is 2.18 bits per heavy atom. The highest BCUT2D eigenvalue weighted by Crippen LogP contribution is 2.11. The Labute approximate surface area is 161 Å². The molecule has 2 aromatic heterocycles. The fourth-order valence-electron chi connectivity index (χ4n) is 2.33. The molecule has 0 aliphatic carbocycles. The summed E-state index contributed by atoms with van der Waals surface area (Å²) in [6.45, 7) is 0.0909. The minimum atomic E-state index is -4.10. The van der Waals surface area contributed by atoms with E-state index >= 15 is 0 Å². The van der Waals surface area contributed by atoms with Gasteiger partial charge in [-0.1, -0.05) is 11.6 Å². The third-order valence-electron chi connectivity index (χ3n) is 3.77. The third-order valence-corrected chi connectivity index (χ3v) is 4.89. The van der Waals surface area contributed by atoms with Gasteiger partial charge in [0.1, 0.15) is 6.04 Å². The van der Waals surface area contributed by atoms with Gasteiger partial charge in [0.25, 0.3) is 10.2 Å². The lowest BCUT2D eigenvalue weighted by atomic mass is 10.1. The first-order chi connectivity index (χ1) is 13.3. The minimum Gasteiger partial charge on any atom is -0.480 e. The lowest BCUT2D eigenvalue weighted by Crippen LogP contribution is -2.46. The summed E-state index contributed by atoms with van der Waals surface area (Å²) in [7, 11) is -4.10. The number of aliphatic carboxylic acids is 1. The van der Waals surface area contributed by atoms with Crippen LogP contribution in [0.4, 0.5) is 0 Å². The van der Waals surface area contributed by atoms with Gasteiger partial charge in [0.05, 0.1) is 18.9 Å². The zero-order chi connectivity index (χ0) is 20.6. The predicted octanol–water partition coefficient (Wildman–Crippen LogP) is -1.46. The largest absolute Gasteiger partial charge is 0.480 e. The number of nitrogens with one attached hydrogen (secondary N) is 3. The molecular formula is C14H24N8O5S. The summed E-state index contributed by atoms with van der Waals surface area (Å²) >= 11 is 0. The van der Waals surface area contributed by atoms with Crippen LogP contribution in [0.2, 0.25) is 0 Å². The van der Waals surface area contributed by atoms with Crippen molar-refractivity contribution >= 4 is 16.2 Å². The van der Waals surface area contributed by atoms with E-state index in [0.717, 1.165) is 5.69 Å². The number of carboxylic acids is 1. The van der Waals surface area contributed by atoms with Crippen molar-refractivity contribution in [2.45, 2.75) is 44.3 Å². The normalized spacial score (nSPS) is 14.1. The molecular weight excluding hydrogens is 392 g/mol. The molecule has 2 heterocycles. The Hall–Kier alpha value is -2.39. The lowest BCUT2D eigenvalue weighted by molar-refractivity contribution is -0.139. The Balaban J connectivity index is 1.87. The average molecular weight is 416 g/mol. The Kier molecular flexibility index (Phi) is 8.01. The monoisotopic (exact) mass is 416 g/mol. The van der Waals surface area contributed by atoms with Crippen molar-refractivity contribution in [2.24, 2.45) is 11.5 Å². The molecule has 2 atom stereocenters. The third kappa shape index (κ3) is 6.97. The Bertz CT molecular complexity index is 838. The average Bonchev–Trinajstić information content (AvgIpc) is 3.31. The minimum absolute atomic E-state index is 0.00422. The molecule has 0 amide bonds. The number of H-pyrrole nitrogens is 1. The van der Waals surface area contributed by atoms with Crippen LogP contribution in [0.5, 0.6) is 0 Å². The van der Waals surface area contributed by atoms with Gasteiger partial charge in [-0.25, -0.2) is 4.98 Å². The molecule has 0 fully saturated rings. The number of aromatic nitrogens is 4. The smallest absolute Gasteiger partial charge is 0.321 e. The van der Waals surface area contributed by atoms with Crippen LogP contribution in [-0.2, 0) is 28.0 Å². The van der Waals surface area contributed by atoms with E-state index in [1.807, 2.05) is 0 Å². The Morgan fingerprint density at radius 3 is 2.82 bits per heavy atom. The van der Waals surface area contributed by atoms with Crippen LogP contribution in [0.15, 0.2) is 17.0 Å². The van der Waals surface area contributed by atoms with Gasteiger partial charge >= 0.3 is 5.97 Å². The summed E-state index contributed by atoms with van der Waals surface area (Å²) < 4.78 is 33.4. The van der Waals surface area contributed by atoms with Gasteiger partial charge in [-0.05, 0) is 19.4 Å². The number of aromatic amines is 1. The number of carboxylic acid groups (broad SMARTS) is 1. The maximum atomic E-state index is 12.1. The molecule has 0 unspecified atom stereocenters. The zero-order valence-electron chi connectivity index (χ0n) is 15.0. The zero-order valence-corrected chi connectivity index (χ0v) is 15.9. The lowest BCUT2D eigenvalue weighted by Gasteiger charge is -2.14. The topological polar surface area (TPSA) is 215 Å². The molecule has 0 spiro atoms. The van der Waals surface area contributed by atoms with Crippen molar-refractivity contribution in [3.63, 3.8) is 0 Å². The van der Waals surface area contributed by atoms with Gasteiger partial charge in [0.15, 0.2) is 5.82 Å². The molecule has 0 aliphatic heterocycles. The number of carbonyl (C=O) groups is 1. The highest BCUT2D eigenvalue weighted by molar-refractivity contribution is 7.87. The van der Waals surface area contributed by atoms with Crippen molar-refractivity contribution < 1.29 is 22.8 Å². The second-order valence-corrected chi connectivity index (χ2v) is 7.58. The maximum Gasteiger partial charge on any atom is 0.321 e. The van der Waals surface area contributed by atoms with Crippen LogP contribution in [0, 0.1) is 0 Å². The van der Waals surface area contributed by atoms with Crippen LogP contribution in [0.3, 0.4) is 0 Å². The molecule has 0 radical (unpaired) electrons. The summed E-state index contributed by atoms with van der Waals surface area (Å²) in [4.78, 5) is 22.0. The van der Waals surface area contributed by atoms with E-state index in [9.17, 15) is 13.2 Å².